The van der Waals surface area contributed by atoms with Crippen LogP contribution in [0.25, 0.3) is 0 Å². The van der Waals surface area contributed by atoms with Crippen LogP contribution >= 0.6 is 11.3 Å². The third kappa shape index (κ3) is 3.92. The lowest BCUT2D eigenvalue weighted by atomic mass is 10.4. The van der Waals surface area contributed by atoms with Crippen LogP contribution in [0.15, 0.2) is 28.1 Å². The maximum Gasteiger partial charge on any atom is 0.325 e. The molecule has 0 aliphatic carbocycles. The second-order valence-electron chi connectivity index (χ2n) is 3.75. The topological polar surface area (TPSA) is 81.4 Å². The van der Waals surface area contributed by atoms with Gasteiger partial charge in [-0.3, -0.25) is 9.59 Å². The number of aromatic nitrogens is 1. The molecule has 0 aliphatic heterocycles. The second-order valence-corrected chi connectivity index (χ2v) is 4.70. The number of hydrogen-bond acceptors (Lipinski definition) is 6. The Hall–Kier alpha value is -2.15. The summed E-state index contributed by atoms with van der Waals surface area (Å²) in [6.07, 6.45) is 0. The number of carbonyl (C=O) groups excluding carboxylic acids is 2. The van der Waals surface area contributed by atoms with Gasteiger partial charge in [0.2, 0.25) is 0 Å². The highest BCUT2D eigenvalue weighted by Crippen LogP contribution is 2.07. The van der Waals surface area contributed by atoms with E-state index in [0.29, 0.717) is 16.3 Å². The summed E-state index contributed by atoms with van der Waals surface area (Å²) in [6.45, 7) is 1.61. The molecule has 0 aromatic carbocycles. The van der Waals surface area contributed by atoms with Gasteiger partial charge in [0.05, 0.1) is 4.88 Å². The molecule has 2 aromatic heterocycles. The van der Waals surface area contributed by atoms with Crippen molar-refractivity contribution in [3.05, 3.63) is 39.9 Å². The zero-order chi connectivity index (χ0) is 13.7. The summed E-state index contributed by atoms with van der Waals surface area (Å²) in [4.78, 5) is 23.5. The Labute approximate surface area is 113 Å². The number of aryl methyl sites for hydroxylation is 1. The lowest BCUT2D eigenvalue weighted by molar-refractivity contribution is -0.143. The Morgan fingerprint density at radius 3 is 3.00 bits per heavy atom. The van der Waals surface area contributed by atoms with E-state index in [2.05, 4.69) is 10.5 Å². The predicted octanol–water partition coefficient (Wildman–Crippen LogP) is 1.52. The fourth-order valence-corrected chi connectivity index (χ4v) is 1.98. The average molecular weight is 280 g/mol. The molecule has 0 fully saturated rings. The Morgan fingerprint density at radius 2 is 2.37 bits per heavy atom. The average Bonchev–Trinajstić information content (AvgIpc) is 3.04. The third-order valence-electron chi connectivity index (χ3n) is 2.20. The SMILES string of the molecule is Cc1cc(COC(=O)CNC(=O)c2cccs2)no1. The first-order chi connectivity index (χ1) is 9.15. The van der Waals surface area contributed by atoms with Crippen LogP contribution in [0, 0.1) is 6.92 Å². The molecule has 2 rings (SSSR count). The van der Waals surface area contributed by atoms with Crippen molar-refractivity contribution in [2.24, 2.45) is 0 Å². The minimum Gasteiger partial charge on any atom is -0.458 e. The van der Waals surface area contributed by atoms with E-state index in [4.69, 9.17) is 9.26 Å². The van der Waals surface area contributed by atoms with E-state index in [9.17, 15) is 9.59 Å². The number of ether oxygens (including phenoxy) is 1. The molecule has 2 heterocycles. The van der Waals surface area contributed by atoms with Gasteiger partial charge in [0.15, 0.2) is 0 Å². The number of rotatable bonds is 5. The van der Waals surface area contributed by atoms with Crippen LogP contribution in [-0.4, -0.2) is 23.6 Å². The van der Waals surface area contributed by atoms with Gasteiger partial charge in [-0.1, -0.05) is 11.2 Å². The van der Waals surface area contributed by atoms with Crippen LogP contribution in [0.2, 0.25) is 0 Å². The van der Waals surface area contributed by atoms with Crippen molar-refractivity contribution in [1.29, 1.82) is 0 Å². The fourth-order valence-electron chi connectivity index (χ4n) is 1.34. The van der Waals surface area contributed by atoms with Crippen LogP contribution in [0.5, 0.6) is 0 Å². The molecule has 0 radical (unpaired) electrons. The van der Waals surface area contributed by atoms with E-state index in [-0.39, 0.29) is 19.1 Å². The Bertz CT molecular complexity index is 562. The standard InChI is InChI=1S/C12H12N2O4S/c1-8-5-9(14-18-8)7-17-11(15)6-13-12(16)10-3-2-4-19-10/h2-5H,6-7H2,1H3,(H,13,16). The van der Waals surface area contributed by atoms with Gasteiger partial charge >= 0.3 is 5.97 Å². The summed E-state index contributed by atoms with van der Waals surface area (Å²) in [7, 11) is 0. The summed E-state index contributed by atoms with van der Waals surface area (Å²) in [5, 5.41) is 7.96. The molecule has 19 heavy (non-hydrogen) atoms. The first kappa shape index (κ1) is 13.3. The maximum atomic E-state index is 11.6. The zero-order valence-corrected chi connectivity index (χ0v) is 11.0. The molecule has 7 heteroatoms. The van der Waals surface area contributed by atoms with Gasteiger partial charge in [0.25, 0.3) is 5.91 Å². The summed E-state index contributed by atoms with van der Waals surface area (Å²) >= 11 is 1.31. The molecule has 6 nitrogen and oxygen atoms in total. The van der Waals surface area contributed by atoms with Crippen molar-refractivity contribution in [3.8, 4) is 0 Å². The van der Waals surface area contributed by atoms with Crippen LogP contribution in [-0.2, 0) is 16.1 Å². The monoisotopic (exact) mass is 280 g/mol. The van der Waals surface area contributed by atoms with E-state index < -0.39 is 5.97 Å². The van der Waals surface area contributed by atoms with Crippen LogP contribution in [0.3, 0.4) is 0 Å². The molecule has 0 aliphatic rings. The van der Waals surface area contributed by atoms with Crippen molar-refractivity contribution in [3.63, 3.8) is 0 Å². The fraction of sp³-hybridized carbons (Fsp3) is 0.250. The van der Waals surface area contributed by atoms with Gasteiger partial charge in [-0.05, 0) is 18.4 Å². The first-order valence-electron chi connectivity index (χ1n) is 5.54. The molecule has 2 aromatic rings. The molecular formula is C12H12N2O4S. The lowest BCUT2D eigenvalue weighted by Gasteiger charge is -2.03. The molecule has 0 unspecified atom stereocenters. The Morgan fingerprint density at radius 1 is 1.53 bits per heavy atom. The van der Waals surface area contributed by atoms with E-state index in [0.717, 1.165) is 0 Å². The van der Waals surface area contributed by atoms with E-state index >= 15 is 0 Å². The molecular weight excluding hydrogens is 268 g/mol. The quantitative estimate of drug-likeness (QED) is 0.840. The highest BCUT2D eigenvalue weighted by atomic mass is 32.1. The minimum absolute atomic E-state index is 0.0328. The van der Waals surface area contributed by atoms with Crippen molar-refractivity contribution < 1.29 is 18.8 Å². The molecule has 1 N–H and O–H groups in total. The molecule has 1 amide bonds. The van der Waals surface area contributed by atoms with Gasteiger partial charge in [-0.25, -0.2) is 0 Å². The molecule has 0 bridgehead atoms. The third-order valence-corrected chi connectivity index (χ3v) is 3.06. The Kier molecular flexibility index (Phi) is 4.30. The number of thiophene rings is 1. The first-order valence-corrected chi connectivity index (χ1v) is 6.42. The molecule has 0 saturated carbocycles. The normalized spacial score (nSPS) is 10.2. The van der Waals surface area contributed by atoms with Gasteiger partial charge in [-0.2, -0.15) is 0 Å². The van der Waals surface area contributed by atoms with Crippen LogP contribution in [0.4, 0.5) is 0 Å². The summed E-state index contributed by atoms with van der Waals surface area (Å²) in [6, 6.07) is 5.13. The highest BCUT2D eigenvalue weighted by molar-refractivity contribution is 7.12. The lowest BCUT2D eigenvalue weighted by Crippen LogP contribution is -2.30. The minimum atomic E-state index is -0.523. The van der Waals surface area contributed by atoms with Crippen molar-refractivity contribution >= 4 is 23.2 Å². The summed E-state index contributed by atoms with van der Waals surface area (Å²) in [5.74, 6) is -0.160. The number of nitrogens with one attached hydrogen (secondary N) is 1. The molecule has 0 spiro atoms. The molecule has 100 valence electrons. The number of nitrogens with zero attached hydrogens (tertiary/aromatic N) is 1. The van der Waals surface area contributed by atoms with Gasteiger partial charge in [0, 0.05) is 6.07 Å². The molecule has 0 atom stereocenters. The van der Waals surface area contributed by atoms with Gasteiger partial charge in [-0.15, -0.1) is 11.3 Å². The van der Waals surface area contributed by atoms with Crippen LogP contribution < -0.4 is 5.32 Å². The second kappa shape index (κ2) is 6.14. The van der Waals surface area contributed by atoms with Crippen molar-refractivity contribution in [2.45, 2.75) is 13.5 Å². The smallest absolute Gasteiger partial charge is 0.325 e. The predicted molar refractivity (Wildman–Crippen MR) is 67.7 cm³/mol. The highest BCUT2D eigenvalue weighted by Gasteiger charge is 2.10. The summed E-state index contributed by atoms with van der Waals surface area (Å²) in [5.41, 5.74) is 0.537. The van der Waals surface area contributed by atoms with E-state index in [1.165, 1.54) is 11.3 Å². The summed E-state index contributed by atoms with van der Waals surface area (Å²) < 4.78 is 9.77. The van der Waals surface area contributed by atoms with E-state index in [1.807, 2.05) is 0 Å². The van der Waals surface area contributed by atoms with Crippen molar-refractivity contribution in [1.82, 2.24) is 10.5 Å². The van der Waals surface area contributed by atoms with Crippen molar-refractivity contribution in [2.75, 3.05) is 6.54 Å². The maximum absolute atomic E-state index is 11.6. The van der Waals surface area contributed by atoms with Gasteiger partial charge in [0.1, 0.15) is 24.6 Å². The molecule has 0 saturated heterocycles. The number of hydrogen-bond donors (Lipinski definition) is 1. The van der Waals surface area contributed by atoms with E-state index in [1.54, 1.807) is 30.5 Å². The van der Waals surface area contributed by atoms with Gasteiger partial charge < -0.3 is 14.6 Å². The number of carbonyl (C=O) groups is 2. The Balaban J connectivity index is 1.71. The number of esters is 1. The largest absolute Gasteiger partial charge is 0.458 e. The number of amides is 1. The zero-order valence-electron chi connectivity index (χ0n) is 10.2. The van der Waals surface area contributed by atoms with Crippen LogP contribution in [0.1, 0.15) is 21.1 Å².